The zero-order valence-electron chi connectivity index (χ0n) is 35.1. The van der Waals surface area contributed by atoms with Crippen molar-refractivity contribution in [2.45, 2.75) is 0 Å². The van der Waals surface area contributed by atoms with Gasteiger partial charge in [0.1, 0.15) is 0 Å². The van der Waals surface area contributed by atoms with Crippen LogP contribution in [0.3, 0.4) is 0 Å². The van der Waals surface area contributed by atoms with E-state index in [-0.39, 0.29) is 58.0 Å². The molecule has 0 aromatic heterocycles. The van der Waals surface area contributed by atoms with Crippen LogP contribution in [0, 0.1) is 0 Å². The Morgan fingerprint density at radius 3 is 1.56 bits per heavy atom. The lowest BCUT2D eigenvalue weighted by Crippen LogP contribution is -1.93. The summed E-state index contributed by atoms with van der Waals surface area (Å²) in [4.78, 5) is 0. The molecule has 0 saturated carbocycles. The minimum atomic E-state index is -0.394. The monoisotopic (exact) mass is 665 g/mol. The van der Waals surface area contributed by atoms with Crippen LogP contribution < -0.4 is 0 Å². The highest BCUT2D eigenvalue weighted by Crippen LogP contribution is 2.47. The predicted octanol–water partition coefficient (Wildman–Crippen LogP) is 14.6. The van der Waals surface area contributed by atoms with Crippen molar-refractivity contribution in [3.05, 3.63) is 206 Å². The van der Waals surface area contributed by atoms with Gasteiger partial charge in [0.2, 0.25) is 0 Å². The van der Waals surface area contributed by atoms with E-state index in [0.717, 1.165) is 43.8 Å². The molecule has 0 nitrogen and oxygen atoms in total. The first-order chi connectivity index (χ1) is 28.7. The van der Waals surface area contributed by atoms with Gasteiger partial charge < -0.3 is 0 Å². The highest BCUT2D eigenvalue weighted by atomic mass is 14.2. The maximum Gasteiger partial charge on any atom is 0.0636 e. The van der Waals surface area contributed by atoms with E-state index in [9.17, 15) is 6.85 Å². The maximum atomic E-state index is 10.3. The molecule has 0 spiro atoms. The van der Waals surface area contributed by atoms with Crippen molar-refractivity contribution in [3.63, 3.8) is 0 Å². The van der Waals surface area contributed by atoms with E-state index in [1.54, 1.807) is 0 Å². The summed E-state index contributed by atoms with van der Waals surface area (Å²) in [5.41, 5.74) is 6.67. The van der Waals surface area contributed by atoms with Gasteiger partial charge in [0, 0.05) is 0 Å². The minimum absolute atomic E-state index is 0.00933. The normalized spacial score (nSPS) is 13.3. The fourth-order valence-electron chi connectivity index (χ4n) is 7.59. The first-order valence-electron chi connectivity index (χ1n) is 20.9. The standard InChI is InChI=1S/C52H34/c1-3-14-35(15-4-1)42-31-43(36-16-5-2-6-17-36)33-44(32-42)52-48-24-12-11-23-47(48)51(41-27-26-37-18-7-8-20-39(37)30-41)49-29-28-40(34-50(49)52)46-25-13-21-38-19-9-10-22-45(38)46/h1-34H/i11D,12D,23D,24D,28D,29D,34D. The van der Waals surface area contributed by atoms with Crippen LogP contribution in [0.2, 0.25) is 0 Å². The van der Waals surface area contributed by atoms with Crippen LogP contribution in [0.5, 0.6) is 0 Å². The summed E-state index contributed by atoms with van der Waals surface area (Å²) in [6.45, 7) is 0. The van der Waals surface area contributed by atoms with Gasteiger partial charge in [0.25, 0.3) is 0 Å². The Kier molecular flexibility index (Phi) is 5.69. The van der Waals surface area contributed by atoms with Gasteiger partial charge in [0.05, 0.1) is 9.60 Å². The van der Waals surface area contributed by atoms with Crippen LogP contribution in [0.25, 0.3) is 98.7 Å². The third-order valence-corrected chi connectivity index (χ3v) is 10.0. The molecular formula is C52H34. The van der Waals surface area contributed by atoms with Crippen LogP contribution >= 0.6 is 0 Å². The average molecular weight is 666 g/mol. The Bertz CT molecular complexity index is 3280. The molecule has 0 unspecified atom stereocenters. The van der Waals surface area contributed by atoms with Crippen molar-refractivity contribution in [2.75, 3.05) is 0 Å². The number of fused-ring (bicyclic) bond motifs is 4. The lowest BCUT2D eigenvalue weighted by molar-refractivity contribution is 1.58. The van der Waals surface area contributed by atoms with Crippen LogP contribution in [-0.2, 0) is 0 Å². The summed E-state index contributed by atoms with van der Waals surface area (Å²) in [6, 6.07) is 51.9. The third kappa shape index (κ3) is 5.16. The highest BCUT2D eigenvalue weighted by Gasteiger charge is 2.19. The van der Waals surface area contributed by atoms with Crippen molar-refractivity contribution in [2.24, 2.45) is 0 Å². The Hall–Kier alpha value is -6.76. The number of rotatable bonds is 5. The van der Waals surface area contributed by atoms with Gasteiger partial charge in [-0.3, -0.25) is 0 Å². The quantitative estimate of drug-likeness (QED) is 0.161. The zero-order valence-corrected chi connectivity index (χ0v) is 28.1. The van der Waals surface area contributed by atoms with Crippen LogP contribution in [0.4, 0.5) is 0 Å². The van der Waals surface area contributed by atoms with Gasteiger partial charge in [-0.15, -0.1) is 0 Å². The molecule has 52 heavy (non-hydrogen) atoms. The largest absolute Gasteiger partial charge is 0.0636 e. The molecule has 0 heterocycles. The Morgan fingerprint density at radius 1 is 0.288 bits per heavy atom. The zero-order chi connectivity index (χ0) is 40.5. The number of hydrogen-bond donors (Lipinski definition) is 0. The minimum Gasteiger partial charge on any atom is -0.0622 e. The number of benzene rings is 10. The maximum absolute atomic E-state index is 10.3. The van der Waals surface area contributed by atoms with E-state index in [0.29, 0.717) is 33.2 Å². The second-order valence-corrected chi connectivity index (χ2v) is 13.1. The first kappa shape index (κ1) is 23.6. The van der Waals surface area contributed by atoms with Gasteiger partial charge in [-0.2, -0.15) is 0 Å². The van der Waals surface area contributed by atoms with E-state index in [1.165, 1.54) is 0 Å². The van der Waals surface area contributed by atoms with Crippen LogP contribution in [0.1, 0.15) is 9.60 Å². The van der Waals surface area contributed by atoms with Gasteiger partial charge in [-0.25, -0.2) is 0 Å². The Balaban J connectivity index is 1.47. The van der Waals surface area contributed by atoms with Crippen LogP contribution in [0.15, 0.2) is 206 Å². The van der Waals surface area contributed by atoms with Crippen molar-refractivity contribution < 1.29 is 9.60 Å². The second kappa shape index (κ2) is 12.5. The molecule has 0 fully saturated rings. The molecule has 0 radical (unpaired) electrons. The number of hydrogen-bond acceptors (Lipinski definition) is 0. The summed E-state index contributed by atoms with van der Waals surface area (Å²) >= 11 is 0. The molecule has 0 amide bonds. The summed E-state index contributed by atoms with van der Waals surface area (Å²) in [6.07, 6.45) is 0. The van der Waals surface area contributed by atoms with E-state index < -0.39 is 6.04 Å². The van der Waals surface area contributed by atoms with Gasteiger partial charge in [-0.1, -0.05) is 176 Å². The lowest BCUT2D eigenvalue weighted by Gasteiger charge is -2.20. The van der Waals surface area contributed by atoms with Crippen molar-refractivity contribution in [1.82, 2.24) is 0 Å². The second-order valence-electron chi connectivity index (χ2n) is 13.1. The molecule has 0 atom stereocenters. The van der Waals surface area contributed by atoms with Crippen molar-refractivity contribution >= 4 is 43.1 Å². The summed E-state index contributed by atoms with van der Waals surface area (Å²) in [7, 11) is 0. The van der Waals surface area contributed by atoms with E-state index in [2.05, 4.69) is 6.07 Å². The highest BCUT2D eigenvalue weighted by molar-refractivity contribution is 6.22. The summed E-state index contributed by atoms with van der Waals surface area (Å²) < 4.78 is 67.3. The smallest absolute Gasteiger partial charge is 0.0622 e. The van der Waals surface area contributed by atoms with Crippen molar-refractivity contribution in [3.8, 4) is 55.6 Å². The average Bonchev–Trinajstić information content (AvgIpc) is 3.28. The molecular weight excluding hydrogens is 625 g/mol. The lowest BCUT2D eigenvalue weighted by atomic mass is 9.83. The van der Waals surface area contributed by atoms with E-state index >= 15 is 0 Å². The van der Waals surface area contributed by atoms with Crippen LogP contribution in [-0.4, -0.2) is 0 Å². The SMILES string of the molecule is [2H]c1c([2H])c([2H])c2c(-c3cc(-c4ccccc4)cc(-c4ccccc4)c3)c3c([2H])c(-c4cccc5ccccc45)c([2H])c([2H])c3c(-c3ccc4ccccc4c3)c2c1[2H]. The molecule has 0 aliphatic heterocycles. The molecule has 242 valence electrons. The topological polar surface area (TPSA) is 0 Å². The van der Waals surface area contributed by atoms with Crippen molar-refractivity contribution in [1.29, 1.82) is 0 Å². The fraction of sp³-hybridized carbons (Fsp3) is 0. The summed E-state index contributed by atoms with van der Waals surface area (Å²) in [5, 5.41) is 4.81. The van der Waals surface area contributed by atoms with Gasteiger partial charge >= 0.3 is 0 Å². The molecule has 10 rings (SSSR count). The molecule has 10 aromatic carbocycles. The summed E-state index contributed by atoms with van der Waals surface area (Å²) in [5.74, 6) is 0. The van der Waals surface area contributed by atoms with E-state index in [1.807, 2.05) is 158 Å². The molecule has 0 heteroatoms. The van der Waals surface area contributed by atoms with Gasteiger partial charge in [0.15, 0.2) is 0 Å². The van der Waals surface area contributed by atoms with Gasteiger partial charge in [-0.05, 0) is 129 Å². The van der Waals surface area contributed by atoms with E-state index in [4.69, 9.17) is 2.74 Å². The Morgan fingerprint density at radius 2 is 0.846 bits per heavy atom. The molecule has 0 bridgehead atoms. The molecule has 0 aliphatic carbocycles. The molecule has 0 N–H and O–H groups in total. The Labute approximate surface area is 313 Å². The molecule has 0 saturated heterocycles. The molecule has 10 aromatic rings. The first-order valence-corrected chi connectivity index (χ1v) is 17.4. The predicted molar refractivity (Wildman–Crippen MR) is 224 cm³/mol. The fourth-order valence-corrected chi connectivity index (χ4v) is 7.59. The third-order valence-electron chi connectivity index (χ3n) is 10.0. The molecule has 0 aliphatic rings.